The third kappa shape index (κ3) is 3.49. The maximum absolute atomic E-state index is 4.99. The van der Waals surface area contributed by atoms with Crippen molar-refractivity contribution in [1.29, 1.82) is 0 Å². The first-order chi connectivity index (χ1) is 11.8. The molecule has 132 valence electrons. The van der Waals surface area contributed by atoms with Crippen molar-refractivity contribution in [1.82, 2.24) is 20.2 Å². The molecule has 2 fully saturated rings. The Morgan fingerprint density at radius 2 is 1.92 bits per heavy atom. The molecule has 1 aromatic heterocycles. The van der Waals surface area contributed by atoms with E-state index >= 15 is 0 Å². The van der Waals surface area contributed by atoms with Crippen LogP contribution in [0.4, 0.5) is 11.8 Å². The molecule has 0 amide bonds. The van der Waals surface area contributed by atoms with Gasteiger partial charge in [-0.25, -0.2) is 4.98 Å². The molecule has 2 saturated heterocycles. The maximum Gasteiger partial charge on any atom is 0.225 e. The van der Waals surface area contributed by atoms with Crippen molar-refractivity contribution in [3.05, 3.63) is 11.3 Å². The second-order valence-electron chi connectivity index (χ2n) is 7.52. The summed E-state index contributed by atoms with van der Waals surface area (Å²) in [4.78, 5) is 14.7. The molecule has 0 bridgehead atoms. The molecule has 0 aromatic carbocycles. The molecule has 4 heterocycles. The normalized spacial score (nSPS) is 25.4. The summed E-state index contributed by atoms with van der Waals surface area (Å²) in [5, 5.41) is 7.11. The smallest absolute Gasteiger partial charge is 0.225 e. The van der Waals surface area contributed by atoms with E-state index in [1.807, 2.05) is 0 Å². The summed E-state index contributed by atoms with van der Waals surface area (Å²) < 4.78 is 0. The number of rotatable bonds is 3. The predicted octanol–water partition coefficient (Wildman–Crippen LogP) is 1.62. The number of fused-ring (bicyclic) bond motifs is 1. The Balaban J connectivity index is 1.61. The van der Waals surface area contributed by atoms with Crippen LogP contribution in [-0.4, -0.2) is 60.7 Å². The van der Waals surface area contributed by atoms with Crippen LogP contribution in [0.15, 0.2) is 0 Å². The zero-order chi connectivity index (χ0) is 16.4. The minimum atomic E-state index is 0.478. The summed E-state index contributed by atoms with van der Waals surface area (Å²) >= 11 is 0. The van der Waals surface area contributed by atoms with Gasteiger partial charge >= 0.3 is 0 Å². The number of hydrogen-bond acceptors (Lipinski definition) is 6. The maximum atomic E-state index is 4.99. The van der Waals surface area contributed by atoms with Gasteiger partial charge < -0.3 is 20.4 Å². The van der Waals surface area contributed by atoms with Crippen molar-refractivity contribution in [2.75, 3.05) is 50.0 Å². The van der Waals surface area contributed by atoms with E-state index in [4.69, 9.17) is 9.97 Å². The van der Waals surface area contributed by atoms with E-state index < -0.39 is 0 Å². The van der Waals surface area contributed by atoms with Crippen LogP contribution in [0.2, 0.25) is 0 Å². The van der Waals surface area contributed by atoms with Gasteiger partial charge in [-0.1, -0.05) is 12.8 Å². The first-order valence-corrected chi connectivity index (χ1v) is 9.60. The molecule has 6 nitrogen and oxygen atoms in total. The molecule has 4 rings (SSSR count). The average molecular weight is 330 g/mol. The van der Waals surface area contributed by atoms with Crippen LogP contribution in [-0.2, 0) is 13.0 Å². The van der Waals surface area contributed by atoms with Gasteiger partial charge in [0.15, 0.2) is 0 Å². The van der Waals surface area contributed by atoms with Gasteiger partial charge in [0.1, 0.15) is 5.82 Å². The molecule has 0 aliphatic carbocycles. The highest BCUT2D eigenvalue weighted by atomic mass is 15.3. The molecule has 24 heavy (non-hydrogen) atoms. The van der Waals surface area contributed by atoms with Gasteiger partial charge in [0.2, 0.25) is 5.95 Å². The Morgan fingerprint density at radius 1 is 1.08 bits per heavy atom. The molecule has 3 aliphatic rings. The van der Waals surface area contributed by atoms with E-state index in [2.05, 4.69) is 27.5 Å². The zero-order valence-electron chi connectivity index (χ0n) is 14.9. The van der Waals surface area contributed by atoms with Gasteiger partial charge in [0, 0.05) is 50.7 Å². The number of likely N-dealkylation sites (tertiary alicyclic amines) is 1. The number of aromatic nitrogens is 2. The Kier molecular flexibility index (Phi) is 4.85. The minimum Gasteiger partial charge on any atom is -0.356 e. The number of nitrogens with zero attached hydrogens (tertiary/aromatic N) is 4. The molecule has 1 aromatic rings. The molecule has 0 saturated carbocycles. The van der Waals surface area contributed by atoms with Crippen LogP contribution in [0.3, 0.4) is 0 Å². The SMILES string of the molecule is CN1CCC(Nc2nc3c(c(N4CCCCCC4)n2)CNCC3)C1. The van der Waals surface area contributed by atoms with Crippen LogP contribution in [0, 0.1) is 0 Å². The largest absolute Gasteiger partial charge is 0.356 e. The Morgan fingerprint density at radius 3 is 2.67 bits per heavy atom. The van der Waals surface area contributed by atoms with E-state index in [1.54, 1.807) is 0 Å². The molecule has 6 heteroatoms. The van der Waals surface area contributed by atoms with E-state index in [0.717, 1.165) is 51.6 Å². The minimum absolute atomic E-state index is 0.478. The van der Waals surface area contributed by atoms with Crippen LogP contribution < -0.4 is 15.5 Å². The summed E-state index contributed by atoms with van der Waals surface area (Å²) in [5.74, 6) is 2.03. The topological polar surface area (TPSA) is 56.3 Å². The van der Waals surface area contributed by atoms with Crippen molar-refractivity contribution in [3.63, 3.8) is 0 Å². The van der Waals surface area contributed by atoms with E-state index in [1.165, 1.54) is 49.2 Å². The quantitative estimate of drug-likeness (QED) is 0.878. The average Bonchev–Trinajstić information content (AvgIpc) is 2.85. The zero-order valence-corrected chi connectivity index (χ0v) is 14.9. The van der Waals surface area contributed by atoms with Gasteiger partial charge in [0.25, 0.3) is 0 Å². The van der Waals surface area contributed by atoms with Crippen LogP contribution in [0.5, 0.6) is 0 Å². The summed E-state index contributed by atoms with van der Waals surface area (Å²) in [5.41, 5.74) is 2.58. The lowest BCUT2D eigenvalue weighted by atomic mass is 10.1. The van der Waals surface area contributed by atoms with Crippen LogP contribution in [0.1, 0.15) is 43.4 Å². The van der Waals surface area contributed by atoms with Crippen LogP contribution >= 0.6 is 0 Å². The molecular weight excluding hydrogens is 300 g/mol. The highest BCUT2D eigenvalue weighted by molar-refractivity contribution is 5.54. The summed E-state index contributed by atoms with van der Waals surface area (Å²) in [7, 11) is 2.18. The predicted molar refractivity (Wildman–Crippen MR) is 97.6 cm³/mol. The van der Waals surface area contributed by atoms with Gasteiger partial charge in [-0.3, -0.25) is 0 Å². The summed E-state index contributed by atoms with van der Waals surface area (Å²) in [6.45, 7) is 6.44. The lowest BCUT2D eigenvalue weighted by Gasteiger charge is -2.28. The second-order valence-corrected chi connectivity index (χ2v) is 7.52. The van der Waals surface area contributed by atoms with Crippen molar-refractivity contribution in [3.8, 4) is 0 Å². The Hall–Kier alpha value is -1.40. The van der Waals surface area contributed by atoms with Crippen molar-refractivity contribution in [2.45, 2.75) is 51.1 Å². The first-order valence-electron chi connectivity index (χ1n) is 9.60. The fourth-order valence-corrected chi connectivity index (χ4v) is 4.17. The molecular formula is C18H30N6. The highest BCUT2D eigenvalue weighted by Crippen LogP contribution is 2.27. The third-order valence-corrected chi connectivity index (χ3v) is 5.54. The van der Waals surface area contributed by atoms with Gasteiger partial charge in [-0.15, -0.1) is 0 Å². The number of nitrogens with one attached hydrogen (secondary N) is 2. The van der Waals surface area contributed by atoms with Gasteiger partial charge in [-0.05, 0) is 32.9 Å². The molecule has 3 aliphatic heterocycles. The monoisotopic (exact) mass is 330 g/mol. The lowest BCUT2D eigenvalue weighted by Crippen LogP contribution is -2.33. The summed E-state index contributed by atoms with van der Waals surface area (Å²) in [6, 6.07) is 0.478. The highest BCUT2D eigenvalue weighted by Gasteiger charge is 2.25. The second kappa shape index (κ2) is 7.23. The fourth-order valence-electron chi connectivity index (χ4n) is 4.17. The van der Waals surface area contributed by atoms with E-state index in [-0.39, 0.29) is 0 Å². The van der Waals surface area contributed by atoms with E-state index in [0.29, 0.717) is 6.04 Å². The summed E-state index contributed by atoms with van der Waals surface area (Å²) in [6.07, 6.45) is 7.45. The third-order valence-electron chi connectivity index (χ3n) is 5.54. The Bertz CT molecular complexity index is 567. The molecule has 2 N–H and O–H groups in total. The molecule has 1 atom stereocenters. The fraction of sp³-hybridized carbons (Fsp3) is 0.778. The van der Waals surface area contributed by atoms with Gasteiger partial charge in [0.05, 0.1) is 5.69 Å². The first kappa shape index (κ1) is 16.1. The van der Waals surface area contributed by atoms with Crippen LogP contribution in [0.25, 0.3) is 0 Å². The lowest BCUT2D eigenvalue weighted by molar-refractivity contribution is 0.414. The van der Waals surface area contributed by atoms with E-state index in [9.17, 15) is 0 Å². The van der Waals surface area contributed by atoms with Crippen molar-refractivity contribution < 1.29 is 0 Å². The van der Waals surface area contributed by atoms with Gasteiger partial charge in [-0.2, -0.15) is 4.98 Å². The van der Waals surface area contributed by atoms with Crippen molar-refractivity contribution in [2.24, 2.45) is 0 Å². The number of likely N-dealkylation sites (N-methyl/N-ethyl adjacent to an activating group) is 1. The standard InChI is InChI=1S/C18H30N6/c1-23-11-7-14(13-23)20-18-21-16-6-8-19-12-15(16)17(22-18)24-9-4-2-3-5-10-24/h14,19H,2-13H2,1H3,(H,20,21,22). The van der Waals surface area contributed by atoms with Crippen molar-refractivity contribution >= 4 is 11.8 Å². The number of anilines is 2. The molecule has 0 spiro atoms. The Labute approximate surface area is 145 Å². The number of hydrogen-bond donors (Lipinski definition) is 2. The molecule has 1 unspecified atom stereocenters. The molecule has 0 radical (unpaired) electrons.